The van der Waals surface area contributed by atoms with Gasteiger partial charge in [-0.05, 0) is 62.4 Å². The standard InChI is InChI=1S/C32H35F3N6O3/c1-31(2)28-18(5-4-6-26(28)37-29(31)42)7-9-24-23(32(33,34)35)13-36-30(38-24)39-25-10-8-19(12-27(25)43-3)40-14-21-11-20(40)15-41(21)22-16-44-17-22/h4-6,8,10,12-13,20-22H,7,9,11,14-17H2,1-3H3,(H,37,42)(H,36,38,39). The van der Waals surface area contributed by atoms with Gasteiger partial charge in [-0.2, -0.15) is 13.2 Å². The van der Waals surface area contributed by atoms with Crippen LogP contribution in [0, 0.1) is 0 Å². The molecule has 0 spiro atoms. The Kier molecular flexibility index (Phi) is 6.96. The summed E-state index contributed by atoms with van der Waals surface area (Å²) in [4.78, 5) is 25.8. The van der Waals surface area contributed by atoms with Gasteiger partial charge < -0.3 is 25.0 Å². The van der Waals surface area contributed by atoms with E-state index in [9.17, 15) is 18.0 Å². The first-order valence-electron chi connectivity index (χ1n) is 14.9. The summed E-state index contributed by atoms with van der Waals surface area (Å²) >= 11 is 0. The van der Waals surface area contributed by atoms with Crippen molar-refractivity contribution in [2.75, 3.05) is 48.9 Å². The van der Waals surface area contributed by atoms with Gasteiger partial charge in [-0.25, -0.2) is 9.97 Å². The number of anilines is 4. The highest BCUT2D eigenvalue weighted by molar-refractivity contribution is 6.06. The average Bonchev–Trinajstić information content (AvgIpc) is 3.62. The van der Waals surface area contributed by atoms with Gasteiger partial charge in [0.1, 0.15) is 5.75 Å². The number of carbonyl (C=O) groups is 1. The van der Waals surface area contributed by atoms with E-state index in [-0.39, 0.29) is 30.4 Å². The van der Waals surface area contributed by atoms with Crippen molar-refractivity contribution >= 4 is 28.9 Å². The number of aromatic nitrogens is 2. The highest BCUT2D eigenvalue weighted by Gasteiger charge is 2.47. The van der Waals surface area contributed by atoms with Gasteiger partial charge in [-0.3, -0.25) is 9.69 Å². The minimum absolute atomic E-state index is 0.0182. The second-order valence-corrected chi connectivity index (χ2v) is 12.6. The molecule has 12 heteroatoms. The Morgan fingerprint density at radius 1 is 1.11 bits per heavy atom. The van der Waals surface area contributed by atoms with Crippen LogP contribution in [0.1, 0.15) is 42.7 Å². The molecule has 0 aliphatic carbocycles. The molecule has 3 aromatic rings. The van der Waals surface area contributed by atoms with Crippen molar-refractivity contribution in [1.29, 1.82) is 0 Å². The quantitative estimate of drug-likeness (QED) is 0.373. The molecule has 7 rings (SSSR count). The molecule has 44 heavy (non-hydrogen) atoms. The van der Waals surface area contributed by atoms with Crippen LogP contribution in [0.4, 0.5) is 36.2 Å². The van der Waals surface area contributed by atoms with Crippen molar-refractivity contribution in [2.45, 2.75) is 62.8 Å². The van der Waals surface area contributed by atoms with Crippen molar-refractivity contribution in [3.05, 3.63) is 65.0 Å². The second-order valence-electron chi connectivity index (χ2n) is 12.6. The number of carbonyl (C=O) groups excluding carboxylic acids is 1. The van der Waals surface area contributed by atoms with Crippen LogP contribution >= 0.6 is 0 Å². The number of hydrogen-bond donors (Lipinski definition) is 2. The lowest BCUT2D eigenvalue weighted by atomic mass is 9.82. The molecule has 1 aromatic heterocycles. The summed E-state index contributed by atoms with van der Waals surface area (Å²) in [7, 11) is 1.57. The van der Waals surface area contributed by atoms with Crippen LogP contribution in [0.15, 0.2) is 42.6 Å². The lowest BCUT2D eigenvalue weighted by molar-refractivity contribution is -0.138. The highest BCUT2D eigenvalue weighted by atomic mass is 19.4. The third-order valence-electron chi connectivity index (χ3n) is 9.53. The molecule has 2 N–H and O–H groups in total. The van der Waals surface area contributed by atoms with Gasteiger partial charge in [-0.1, -0.05) is 12.1 Å². The maximum atomic E-state index is 14.0. The van der Waals surface area contributed by atoms with Gasteiger partial charge >= 0.3 is 6.18 Å². The molecule has 3 fully saturated rings. The maximum Gasteiger partial charge on any atom is 0.419 e. The Hall–Kier alpha value is -3.90. The molecule has 9 nitrogen and oxygen atoms in total. The third kappa shape index (κ3) is 4.93. The molecule has 5 heterocycles. The summed E-state index contributed by atoms with van der Waals surface area (Å²) in [6.07, 6.45) is -2.36. The number of nitrogens with zero attached hydrogens (tertiary/aromatic N) is 4. The number of likely N-dealkylation sites (tertiary alicyclic amines) is 1. The zero-order valence-corrected chi connectivity index (χ0v) is 24.9. The fraction of sp³-hybridized carbons (Fsp3) is 0.469. The van der Waals surface area contributed by atoms with Crippen LogP contribution in [0.5, 0.6) is 5.75 Å². The number of aryl methyl sites for hydroxylation is 2. The number of halogens is 3. The van der Waals surface area contributed by atoms with E-state index >= 15 is 0 Å². The monoisotopic (exact) mass is 608 g/mol. The zero-order chi connectivity index (χ0) is 30.8. The van der Waals surface area contributed by atoms with Crippen LogP contribution in [0.3, 0.4) is 0 Å². The number of nitrogens with one attached hydrogen (secondary N) is 2. The zero-order valence-electron chi connectivity index (χ0n) is 24.9. The van der Waals surface area contributed by atoms with Crippen LogP contribution in [0.25, 0.3) is 0 Å². The Morgan fingerprint density at radius 3 is 2.61 bits per heavy atom. The number of alkyl halides is 3. The van der Waals surface area contributed by atoms with Crippen molar-refractivity contribution in [3.63, 3.8) is 0 Å². The second kappa shape index (κ2) is 10.6. The number of hydrogen-bond acceptors (Lipinski definition) is 8. The summed E-state index contributed by atoms with van der Waals surface area (Å²) in [5, 5.41) is 5.95. The number of ether oxygens (including phenoxy) is 2. The third-order valence-corrected chi connectivity index (χ3v) is 9.53. The Bertz CT molecular complexity index is 1610. The lowest BCUT2D eigenvalue weighted by Gasteiger charge is -2.43. The molecule has 3 saturated heterocycles. The van der Waals surface area contributed by atoms with Crippen molar-refractivity contribution in [3.8, 4) is 5.75 Å². The van der Waals surface area contributed by atoms with Gasteiger partial charge in [0.15, 0.2) is 0 Å². The predicted molar refractivity (Wildman–Crippen MR) is 160 cm³/mol. The maximum absolute atomic E-state index is 14.0. The fourth-order valence-corrected chi connectivity index (χ4v) is 7.16. The predicted octanol–water partition coefficient (Wildman–Crippen LogP) is 4.92. The SMILES string of the molecule is COc1cc(N2CC3CC2CN3C2COC2)ccc1Nc1ncc(C(F)(F)F)c(CCc2cccc3c2C(C)(C)C(=O)N3)n1. The molecule has 2 aromatic carbocycles. The molecule has 2 unspecified atom stereocenters. The molecular weight excluding hydrogens is 573 g/mol. The number of benzene rings is 2. The van der Waals surface area contributed by atoms with E-state index in [0.717, 1.165) is 55.7 Å². The van der Waals surface area contributed by atoms with E-state index in [1.807, 2.05) is 44.2 Å². The summed E-state index contributed by atoms with van der Waals surface area (Å²) in [6, 6.07) is 12.7. The normalized spacial score (nSPS) is 22.6. The topological polar surface area (TPSA) is 91.9 Å². The van der Waals surface area contributed by atoms with E-state index in [1.165, 1.54) is 0 Å². The number of fused-ring (bicyclic) bond motifs is 3. The summed E-state index contributed by atoms with van der Waals surface area (Å²) in [6.45, 7) is 7.22. The average molecular weight is 609 g/mol. The smallest absolute Gasteiger partial charge is 0.419 e. The van der Waals surface area contributed by atoms with Crippen LogP contribution in [-0.4, -0.2) is 72.3 Å². The van der Waals surface area contributed by atoms with Crippen molar-refractivity contribution in [1.82, 2.24) is 14.9 Å². The van der Waals surface area contributed by atoms with E-state index in [0.29, 0.717) is 35.2 Å². The van der Waals surface area contributed by atoms with E-state index in [4.69, 9.17) is 9.47 Å². The van der Waals surface area contributed by atoms with Crippen molar-refractivity contribution < 1.29 is 27.4 Å². The van der Waals surface area contributed by atoms with Crippen LogP contribution in [0.2, 0.25) is 0 Å². The summed E-state index contributed by atoms with van der Waals surface area (Å²) in [5.74, 6) is 0.472. The minimum atomic E-state index is -4.61. The molecule has 232 valence electrons. The lowest BCUT2D eigenvalue weighted by Crippen LogP contribution is -2.56. The molecular formula is C32H35F3N6O3. The molecule has 4 aliphatic heterocycles. The molecule has 1 amide bonds. The molecule has 2 bridgehead atoms. The van der Waals surface area contributed by atoms with Crippen molar-refractivity contribution in [2.24, 2.45) is 0 Å². The van der Waals surface area contributed by atoms with E-state index < -0.39 is 17.2 Å². The fourth-order valence-electron chi connectivity index (χ4n) is 7.16. The Morgan fingerprint density at radius 2 is 1.93 bits per heavy atom. The molecule has 0 radical (unpaired) electrons. The van der Waals surface area contributed by atoms with Gasteiger partial charge in [0.2, 0.25) is 11.9 Å². The van der Waals surface area contributed by atoms with E-state index in [1.54, 1.807) is 13.2 Å². The molecule has 0 saturated carbocycles. The molecule has 2 atom stereocenters. The van der Waals surface area contributed by atoms with Crippen LogP contribution < -0.4 is 20.3 Å². The number of amides is 1. The van der Waals surface area contributed by atoms with Gasteiger partial charge in [0.25, 0.3) is 0 Å². The number of rotatable bonds is 8. The van der Waals surface area contributed by atoms with Crippen LogP contribution in [-0.2, 0) is 34.0 Å². The van der Waals surface area contributed by atoms with Gasteiger partial charge in [0.05, 0.1) is 48.7 Å². The summed E-state index contributed by atoms with van der Waals surface area (Å²) < 4.78 is 53.1. The van der Waals surface area contributed by atoms with E-state index in [2.05, 4.69) is 30.4 Å². The summed E-state index contributed by atoms with van der Waals surface area (Å²) in [5.41, 5.74) is 2.15. The first-order chi connectivity index (χ1) is 21.0. The molecule has 4 aliphatic rings. The Labute approximate surface area is 253 Å². The first kappa shape index (κ1) is 28.8. The first-order valence-corrected chi connectivity index (χ1v) is 14.9. The number of methoxy groups -OCH3 is 1. The van der Waals surface area contributed by atoms with Gasteiger partial charge in [0, 0.05) is 48.8 Å². The largest absolute Gasteiger partial charge is 0.494 e. The Balaban J connectivity index is 1.11. The highest BCUT2D eigenvalue weighted by Crippen LogP contribution is 2.42. The van der Waals surface area contributed by atoms with Gasteiger partial charge in [-0.15, -0.1) is 0 Å². The minimum Gasteiger partial charge on any atom is -0.494 e. The number of piperazine rings is 1.